The Morgan fingerprint density at radius 2 is 1.77 bits per heavy atom. The largest absolute Gasteiger partial charge is 0.497 e. The molecule has 0 radical (unpaired) electrons. The van der Waals surface area contributed by atoms with Crippen molar-refractivity contribution >= 4 is 0 Å². The molecule has 2 N–H and O–H groups in total. The number of rotatable bonds is 2. The Kier molecular flexibility index (Phi) is 3.75. The van der Waals surface area contributed by atoms with Gasteiger partial charge >= 0.3 is 0 Å². The van der Waals surface area contributed by atoms with Gasteiger partial charge in [-0.15, -0.1) is 0 Å². The zero-order valence-corrected chi connectivity index (χ0v) is 13.7. The third kappa shape index (κ3) is 2.43. The fourth-order valence-electron chi connectivity index (χ4n) is 3.99. The molecule has 22 heavy (non-hydrogen) atoms. The van der Waals surface area contributed by atoms with Gasteiger partial charge in [0.2, 0.25) is 0 Å². The molecule has 1 saturated heterocycles. The number of ether oxygens (including phenoxy) is 2. The van der Waals surface area contributed by atoms with Gasteiger partial charge in [0, 0.05) is 5.92 Å². The van der Waals surface area contributed by atoms with Crippen molar-refractivity contribution in [3.8, 4) is 5.75 Å². The molecule has 0 aromatic heterocycles. The van der Waals surface area contributed by atoms with Gasteiger partial charge in [0.1, 0.15) is 5.75 Å². The lowest BCUT2D eigenvalue weighted by atomic mass is 9.61. The number of aliphatic hydroxyl groups is 2. The first kappa shape index (κ1) is 15.8. The van der Waals surface area contributed by atoms with Crippen molar-refractivity contribution in [2.24, 2.45) is 11.8 Å². The molecular weight excluding hydrogens is 280 g/mol. The molecule has 122 valence electrons. The predicted molar refractivity (Wildman–Crippen MR) is 83.7 cm³/mol. The van der Waals surface area contributed by atoms with Crippen molar-refractivity contribution in [2.45, 2.75) is 57.0 Å². The minimum absolute atomic E-state index is 0.109. The Morgan fingerprint density at radius 3 is 2.36 bits per heavy atom. The van der Waals surface area contributed by atoms with Crippen LogP contribution in [0.1, 0.15) is 45.3 Å². The maximum absolute atomic E-state index is 10.8. The molecule has 2 bridgehead atoms. The van der Waals surface area contributed by atoms with Gasteiger partial charge in [-0.1, -0.05) is 12.1 Å². The molecule has 1 aliphatic carbocycles. The smallest absolute Gasteiger partial charge is 0.118 e. The molecular formula is C18H26O4. The van der Waals surface area contributed by atoms with E-state index in [0.29, 0.717) is 6.42 Å². The average Bonchev–Trinajstić information content (AvgIpc) is 2.47. The predicted octanol–water partition coefficient (Wildman–Crippen LogP) is 2.68. The summed E-state index contributed by atoms with van der Waals surface area (Å²) in [6.45, 7) is 5.89. The van der Waals surface area contributed by atoms with Crippen LogP contribution in [0.25, 0.3) is 0 Å². The van der Waals surface area contributed by atoms with E-state index in [9.17, 15) is 10.2 Å². The van der Waals surface area contributed by atoms with E-state index in [2.05, 4.69) is 13.8 Å². The highest BCUT2D eigenvalue weighted by molar-refractivity contribution is 5.30. The van der Waals surface area contributed by atoms with Gasteiger partial charge < -0.3 is 19.7 Å². The van der Waals surface area contributed by atoms with Gasteiger partial charge in [-0.3, -0.25) is 0 Å². The maximum atomic E-state index is 10.8. The molecule has 1 aliphatic heterocycles. The van der Waals surface area contributed by atoms with E-state index in [1.54, 1.807) is 14.0 Å². The Morgan fingerprint density at radius 1 is 1.14 bits per heavy atom. The normalized spacial score (nSPS) is 40.3. The minimum Gasteiger partial charge on any atom is -0.497 e. The zero-order chi connectivity index (χ0) is 16.1. The van der Waals surface area contributed by atoms with E-state index >= 15 is 0 Å². The van der Waals surface area contributed by atoms with Crippen LogP contribution in [-0.2, 0) is 4.74 Å². The summed E-state index contributed by atoms with van der Waals surface area (Å²) in [7, 11) is 1.64. The van der Waals surface area contributed by atoms with Crippen LogP contribution in [0.15, 0.2) is 24.3 Å². The quantitative estimate of drug-likeness (QED) is 0.882. The molecule has 2 fully saturated rings. The average molecular weight is 306 g/mol. The highest BCUT2D eigenvalue weighted by atomic mass is 16.5. The number of fused-ring (bicyclic) bond motifs is 2. The van der Waals surface area contributed by atoms with E-state index < -0.39 is 11.7 Å². The van der Waals surface area contributed by atoms with Crippen molar-refractivity contribution in [1.29, 1.82) is 0 Å². The first-order chi connectivity index (χ1) is 10.3. The first-order valence-corrected chi connectivity index (χ1v) is 7.98. The van der Waals surface area contributed by atoms with E-state index in [1.165, 1.54) is 0 Å². The second kappa shape index (κ2) is 5.22. The Bertz CT molecular complexity index is 535. The summed E-state index contributed by atoms with van der Waals surface area (Å²) in [4.78, 5) is 0. The van der Waals surface area contributed by atoms with Crippen LogP contribution < -0.4 is 4.74 Å². The summed E-state index contributed by atoms with van der Waals surface area (Å²) in [5.74, 6) is 0.956. The van der Waals surface area contributed by atoms with Crippen LogP contribution in [0.3, 0.4) is 0 Å². The van der Waals surface area contributed by atoms with E-state index in [1.807, 2.05) is 24.3 Å². The van der Waals surface area contributed by atoms with Crippen molar-refractivity contribution in [2.75, 3.05) is 7.11 Å². The molecule has 4 heteroatoms. The first-order valence-electron chi connectivity index (χ1n) is 7.98. The fraction of sp³-hybridized carbons (Fsp3) is 0.667. The molecule has 5 atom stereocenters. The number of hydrogen-bond donors (Lipinski definition) is 2. The Hall–Kier alpha value is -1.10. The minimum atomic E-state index is -1.13. The lowest BCUT2D eigenvalue weighted by Gasteiger charge is -2.56. The maximum Gasteiger partial charge on any atom is 0.118 e. The molecule has 0 unspecified atom stereocenters. The number of methoxy groups -OCH3 is 1. The second-order valence-corrected chi connectivity index (χ2v) is 7.43. The van der Waals surface area contributed by atoms with Crippen molar-refractivity contribution in [3.05, 3.63) is 29.8 Å². The summed E-state index contributed by atoms with van der Waals surface area (Å²) < 4.78 is 11.6. The van der Waals surface area contributed by atoms with Gasteiger partial charge in [0.25, 0.3) is 0 Å². The Labute approximate surface area is 132 Å². The van der Waals surface area contributed by atoms with E-state index in [0.717, 1.165) is 17.7 Å². The molecule has 1 aromatic rings. The second-order valence-electron chi connectivity index (χ2n) is 7.43. The summed E-state index contributed by atoms with van der Waals surface area (Å²) in [5.41, 5.74) is -0.414. The topological polar surface area (TPSA) is 58.9 Å². The van der Waals surface area contributed by atoms with E-state index in [-0.39, 0.29) is 23.5 Å². The Balaban J connectivity index is 1.97. The van der Waals surface area contributed by atoms with Gasteiger partial charge in [-0.2, -0.15) is 0 Å². The lowest BCUT2D eigenvalue weighted by Crippen LogP contribution is -2.60. The van der Waals surface area contributed by atoms with Gasteiger partial charge in [-0.25, -0.2) is 0 Å². The highest BCUT2D eigenvalue weighted by Crippen LogP contribution is 2.54. The van der Waals surface area contributed by atoms with Crippen molar-refractivity contribution < 1.29 is 19.7 Å². The molecule has 0 amide bonds. The van der Waals surface area contributed by atoms with Gasteiger partial charge in [0.15, 0.2) is 0 Å². The van der Waals surface area contributed by atoms with Crippen molar-refractivity contribution in [3.63, 3.8) is 0 Å². The molecule has 3 rings (SSSR count). The lowest BCUT2D eigenvalue weighted by molar-refractivity contribution is -0.261. The fourth-order valence-corrected chi connectivity index (χ4v) is 3.99. The van der Waals surface area contributed by atoms with Gasteiger partial charge in [-0.05, 0) is 57.2 Å². The standard InChI is InChI=1S/C18H26O4/c1-17(2)12-9-14(18(3,20)15(19)10-12)16(22-17)11-5-7-13(21-4)8-6-11/h5-8,12,14-16,19-20H,9-10H2,1-4H3/t12-,14+,15-,16-,18-/m0/s1. The van der Waals surface area contributed by atoms with Crippen molar-refractivity contribution in [1.82, 2.24) is 0 Å². The van der Waals surface area contributed by atoms with Crippen LogP contribution in [0, 0.1) is 11.8 Å². The zero-order valence-electron chi connectivity index (χ0n) is 13.7. The van der Waals surface area contributed by atoms with Gasteiger partial charge in [0.05, 0.1) is 30.5 Å². The molecule has 0 spiro atoms. The summed E-state index contributed by atoms with van der Waals surface area (Å²) in [6, 6.07) is 7.78. The highest BCUT2D eigenvalue weighted by Gasteiger charge is 2.56. The van der Waals surface area contributed by atoms with Crippen LogP contribution in [-0.4, -0.2) is 34.6 Å². The van der Waals surface area contributed by atoms with Crippen LogP contribution in [0.2, 0.25) is 0 Å². The summed E-state index contributed by atoms with van der Waals surface area (Å²) >= 11 is 0. The summed E-state index contributed by atoms with van der Waals surface area (Å²) in [6.07, 6.45) is 0.529. The number of hydrogen-bond acceptors (Lipinski definition) is 4. The molecule has 1 saturated carbocycles. The van der Waals surface area contributed by atoms with Crippen LogP contribution in [0.4, 0.5) is 0 Å². The van der Waals surface area contributed by atoms with Crippen LogP contribution in [0.5, 0.6) is 5.75 Å². The van der Waals surface area contributed by atoms with E-state index in [4.69, 9.17) is 9.47 Å². The third-order valence-electron chi connectivity index (χ3n) is 5.70. The van der Waals surface area contributed by atoms with Crippen LogP contribution >= 0.6 is 0 Å². The number of benzene rings is 1. The molecule has 2 aliphatic rings. The summed E-state index contributed by atoms with van der Waals surface area (Å²) in [5, 5.41) is 21.2. The number of aliphatic hydroxyl groups excluding tert-OH is 1. The molecule has 1 heterocycles. The molecule has 1 aromatic carbocycles. The SMILES string of the molecule is COc1ccc([C@@H]2OC(C)(C)[C@H]3C[C@H]2[C@](C)(O)[C@@H](O)C3)cc1. The monoisotopic (exact) mass is 306 g/mol. The third-order valence-corrected chi connectivity index (χ3v) is 5.70. The molecule has 4 nitrogen and oxygen atoms in total.